The highest BCUT2D eigenvalue weighted by atomic mass is 35.5. The maximum Gasteiger partial charge on any atom is 0.335 e. The van der Waals surface area contributed by atoms with Crippen molar-refractivity contribution in [2.45, 2.75) is 59.6 Å². The normalized spacial score (nSPS) is 20.2. The lowest BCUT2D eigenvalue weighted by atomic mass is 9.66. The van der Waals surface area contributed by atoms with Crippen LogP contribution in [0.1, 0.15) is 71.5 Å². The lowest BCUT2D eigenvalue weighted by Gasteiger charge is -2.51. The molecule has 2 atom stereocenters. The summed E-state index contributed by atoms with van der Waals surface area (Å²) in [6.07, 6.45) is 0.339. The largest absolute Gasteiger partial charge is 0.478 e. The summed E-state index contributed by atoms with van der Waals surface area (Å²) < 4.78 is 0. The molecule has 1 saturated heterocycles. The number of nitrogens with zero attached hydrogens (tertiary/aromatic N) is 1. The number of carboxylic acid groups (broad SMARTS) is 1. The third-order valence-corrected chi connectivity index (χ3v) is 7.71. The molecule has 0 radical (unpaired) electrons. The van der Waals surface area contributed by atoms with Crippen LogP contribution in [-0.2, 0) is 10.4 Å². The van der Waals surface area contributed by atoms with Gasteiger partial charge < -0.3 is 20.4 Å². The predicted molar refractivity (Wildman–Crippen MR) is 139 cm³/mol. The van der Waals surface area contributed by atoms with E-state index in [1.54, 1.807) is 36.9 Å². The molecule has 0 spiro atoms. The highest BCUT2D eigenvalue weighted by molar-refractivity contribution is 6.30. The molecule has 3 rings (SSSR count). The molecule has 0 aromatic heterocycles. The van der Waals surface area contributed by atoms with E-state index in [0.717, 1.165) is 5.56 Å². The standard InChI is InChI=1S/C28H35ClN2O5/c1-16(2)23(30-24(32)19-13-17(3)18(4)22(14-19)26(34)35)25(33)31-12-11-28(36,27(5,6)15-31)20-7-9-21(29)10-8-20/h7-10,13-14,16,23,36H,11-12,15H2,1-6H3,(H,30,32)(H,34,35)/t23-,28+/m1/s1. The molecule has 2 amide bonds. The van der Waals surface area contributed by atoms with Gasteiger partial charge in [-0.2, -0.15) is 0 Å². The number of piperidine rings is 1. The number of hydrogen-bond acceptors (Lipinski definition) is 4. The number of carboxylic acids is 1. The van der Waals surface area contributed by atoms with Gasteiger partial charge in [0.2, 0.25) is 5.91 Å². The number of rotatable bonds is 6. The van der Waals surface area contributed by atoms with Crippen LogP contribution >= 0.6 is 11.6 Å². The van der Waals surface area contributed by atoms with Crippen molar-refractivity contribution in [1.82, 2.24) is 10.2 Å². The van der Waals surface area contributed by atoms with Crippen LogP contribution in [-0.4, -0.2) is 52.0 Å². The Kier molecular flexibility index (Phi) is 7.86. The van der Waals surface area contributed by atoms with Crippen LogP contribution in [0.2, 0.25) is 5.02 Å². The molecule has 0 saturated carbocycles. The highest BCUT2D eigenvalue weighted by Gasteiger charge is 2.50. The Morgan fingerprint density at radius 1 is 1.08 bits per heavy atom. The topological polar surface area (TPSA) is 107 Å². The van der Waals surface area contributed by atoms with E-state index in [1.165, 1.54) is 6.07 Å². The molecule has 0 bridgehead atoms. The maximum atomic E-state index is 13.6. The van der Waals surface area contributed by atoms with Crippen LogP contribution < -0.4 is 5.32 Å². The number of amides is 2. The molecule has 0 unspecified atom stereocenters. The van der Waals surface area contributed by atoms with E-state index < -0.39 is 28.9 Å². The van der Waals surface area contributed by atoms with Gasteiger partial charge in [0, 0.05) is 29.1 Å². The second kappa shape index (κ2) is 10.2. The summed E-state index contributed by atoms with van der Waals surface area (Å²) in [6.45, 7) is 11.6. The van der Waals surface area contributed by atoms with Gasteiger partial charge in [-0.1, -0.05) is 51.4 Å². The van der Waals surface area contributed by atoms with Gasteiger partial charge in [-0.25, -0.2) is 4.79 Å². The van der Waals surface area contributed by atoms with E-state index >= 15 is 0 Å². The van der Waals surface area contributed by atoms with Gasteiger partial charge in [-0.05, 0) is 67.1 Å². The van der Waals surface area contributed by atoms with E-state index in [1.807, 2.05) is 39.8 Å². The van der Waals surface area contributed by atoms with Crippen LogP contribution in [0.3, 0.4) is 0 Å². The van der Waals surface area contributed by atoms with Gasteiger partial charge in [-0.15, -0.1) is 0 Å². The number of likely N-dealkylation sites (tertiary alicyclic amines) is 1. The van der Waals surface area contributed by atoms with Crippen molar-refractivity contribution in [1.29, 1.82) is 0 Å². The number of halogens is 1. The van der Waals surface area contributed by atoms with Crippen molar-refractivity contribution >= 4 is 29.4 Å². The molecule has 2 aromatic rings. The van der Waals surface area contributed by atoms with Crippen molar-refractivity contribution in [2.75, 3.05) is 13.1 Å². The number of aromatic carboxylic acids is 1. The fraction of sp³-hybridized carbons (Fsp3) is 0.464. The summed E-state index contributed by atoms with van der Waals surface area (Å²) in [5, 5.41) is 24.5. The molecule has 1 aliphatic rings. The summed E-state index contributed by atoms with van der Waals surface area (Å²) in [5.41, 5.74) is 0.493. The molecule has 194 valence electrons. The summed E-state index contributed by atoms with van der Waals surface area (Å²) in [7, 11) is 0. The number of carbonyl (C=O) groups excluding carboxylic acids is 2. The Balaban J connectivity index is 1.81. The van der Waals surface area contributed by atoms with Crippen LogP contribution in [0.4, 0.5) is 0 Å². The van der Waals surface area contributed by atoms with Gasteiger partial charge in [-0.3, -0.25) is 9.59 Å². The fourth-order valence-electron chi connectivity index (χ4n) is 4.92. The third kappa shape index (κ3) is 5.27. The highest BCUT2D eigenvalue weighted by Crippen LogP contribution is 2.46. The summed E-state index contributed by atoms with van der Waals surface area (Å²) in [4.78, 5) is 40.0. The summed E-state index contributed by atoms with van der Waals surface area (Å²) in [5.74, 6) is -2.04. The first-order chi connectivity index (χ1) is 16.7. The molecule has 1 aliphatic heterocycles. The van der Waals surface area contributed by atoms with Crippen molar-refractivity contribution in [3.8, 4) is 0 Å². The lowest BCUT2D eigenvalue weighted by molar-refractivity contribution is -0.155. The molecule has 2 aromatic carbocycles. The SMILES string of the molecule is Cc1cc(C(=O)N[C@@H](C(=O)N2CC[C@](O)(c3ccc(Cl)cc3)C(C)(C)C2)C(C)C)cc(C(=O)O)c1C. The Bertz CT molecular complexity index is 1180. The van der Waals surface area contributed by atoms with Crippen LogP contribution in [0, 0.1) is 25.2 Å². The molecule has 8 heteroatoms. The number of aliphatic hydroxyl groups is 1. The molecular weight excluding hydrogens is 480 g/mol. The van der Waals surface area contributed by atoms with Crippen LogP contribution in [0.5, 0.6) is 0 Å². The Morgan fingerprint density at radius 3 is 2.22 bits per heavy atom. The van der Waals surface area contributed by atoms with Crippen LogP contribution in [0.15, 0.2) is 36.4 Å². The first-order valence-corrected chi connectivity index (χ1v) is 12.5. The molecule has 1 heterocycles. The molecule has 1 fully saturated rings. The van der Waals surface area contributed by atoms with E-state index in [4.69, 9.17) is 11.6 Å². The zero-order valence-electron chi connectivity index (χ0n) is 21.7. The van der Waals surface area contributed by atoms with Crippen molar-refractivity contribution in [3.05, 3.63) is 69.2 Å². The van der Waals surface area contributed by atoms with Crippen molar-refractivity contribution in [3.63, 3.8) is 0 Å². The average molecular weight is 515 g/mol. The van der Waals surface area contributed by atoms with Crippen molar-refractivity contribution in [2.24, 2.45) is 11.3 Å². The fourth-order valence-corrected chi connectivity index (χ4v) is 5.04. The number of nitrogens with one attached hydrogen (secondary N) is 1. The van der Waals surface area contributed by atoms with Crippen LogP contribution in [0.25, 0.3) is 0 Å². The Labute approximate surface area is 217 Å². The minimum Gasteiger partial charge on any atom is -0.478 e. The summed E-state index contributed by atoms with van der Waals surface area (Å²) in [6, 6.07) is 9.30. The molecule has 7 nitrogen and oxygen atoms in total. The minimum absolute atomic E-state index is 0.0619. The Morgan fingerprint density at radius 2 is 1.69 bits per heavy atom. The Hall–Kier alpha value is -2.90. The lowest BCUT2D eigenvalue weighted by Crippen LogP contribution is -2.60. The van der Waals surface area contributed by atoms with E-state index in [-0.39, 0.29) is 23.0 Å². The zero-order valence-corrected chi connectivity index (χ0v) is 22.4. The number of aryl methyl sites for hydroxylation is 1. The monoisotopic (exact) mass is 514 g/mol. The van der Waals surface area contributed by atoms with E-state index in [2.05, 4.69) is 5.32 Å². The number of carbonyl (C=O) groups is 3. The second-order valence-electron chi connectivity index (χ2n) is 10.7. The smallest absolute Gasteiger partial charge is 0.335 e. The second-order valence-corrected chi connectivity index (χ2v) is 11.2. The number of benzene rings is 2. The molecule has 36 heavy (non-hydrogen) atoms. The first kappa shape index (κ1) is 27.7. The van der Waals surface area contributed by atoms with Crippen molar-refractivity contribution < 1.29 is 24.6 Å². The van der Waals surface area contributed by atoms with Gasteiger partial charge >= 0.3 is 5.97 Å². The third-order valence-electron chi connectivity index (χ3n) is 7.46. The van der Waals surface area contributed by atoms with Gasteiger partial charge in [0.1, 0.15) is 6.04 Å². The quantitative estimate of drug-likeness (QED) is 0.524. The molecule has 0 aliphatic carbocycles. The molecular formula is C28H35ClN2O5. The average Bonchev–Trinajstić information content (AvgIpc) is 2.80. The summed E-state index contributed by atoms with van der Waals surface area (Å²) >= 11 is 6.02. The zero-order chi connectivity index (χ0) is 27.0. The van der Waals surface area contributed by atoms with Gasteiger partial charge in [0.25, 0.3) is 5.91 Å². The van der Waals surface area contributed by atoms with E-state index in [9.17, 15) is 24.6 Å². The van der Waals surface area contributed by atoms with Gasteiger partial charge in [0.15, 0.2) is 0 Å². The maximum absolute atomic E-state index is 13.6. The first-order valence-electron chi connectivity index (χ1n) is 12.1. The predicted octanol–water partition coefficient (Wildman–Crippen LogP) is 4.56. The van der Waals surface area contributed by atoms with E-state index in [0.29, 0.717) is 35.7 Å². The minimum atomic E-state index is -1.14. The number of hydrogen-bond donors (Lipinski definition) is 3. The molecule has 3 N–H and O–H groups in total. The van der Waals surface area contributed by atoms with Gasteiger partial charge in [0.05, 0.1) is 11.2 Å².